The lowest BCUT2D eigenvalue weighted by Gasteiger charge is -2.14. The molecular formula is C15H12Cl2FNO. The lowest BCUT2D eigenvalue weighted by molar-refractivity contribution is 0.334. The van der Waals surface area contributed by atoms with Gasteiger partial charge in [-0.05, 0) is 18.2 Å². The highest BCUT2D eigenvalue weighted by Crippen LogP contribution is 2.36. The van der Waals surface area contributed by atoms with Crippen LogP contribution in [0.25, 0.3) is 0 Å². The minimum Gasteiger partial charge on any atom is -0.493 e. The average Bonchev–Trinajstić information content (AvgIpc) is 2.81. The van der Waals surface area contributed by atoms with E-state index in [1.807, 2.05) is 24.3 Å². The quantitative estimate of drug-likeness (QED) is 0.885. The molecule has 1 unspecified atom stereocenters. The number of anilines is 1. The van der Waals surface area contributed by atoms with E-state index >= 15 is 0 Å². The van der Waals surface area contributed by atoms with Crippen LogP contribution in [0.15, 0.2) is 36.4 Å². The number of para-hydroxylation sites is 1. The van der Waals surface area contributed by atoms with E-state index in [2.05, 4.69) is 5.32 Å². The molecule has 5 heteroatoms. The van der Waals surface area contributed by atoms with Crippen molar-refractivity contribution in [1.82, 2.24) is 0 Å². The summed E-state index contributed by atoms with van der Waals surface area (Å²) in [4.78, 5) is 0. The fourth-order valence-corrected chi connectivity index (χ4v) is 2.93. The zero-order valence-corrected chi connectivity index (χ0v) is 12.0. The van der Waals surface area contributed by atoms with E-state index in [0.717, 1.165) is 11.3 Å². The minimum absolute atomic E-state index is 0.225. The summed E-state index contributed by atoms with van der Waals surface area (Å²) in [6.45, 7) is 1.24. The highest BCUT2D eigenvalue weighted by atomic mass is 35.5. The van der Waals surface area contributed by atoms with Crippen molar-refractivity contribution in [2.75, 3.05) is 18.5 Å². The van der Waals surface area contributed by atoms with Crippen LogP contribution < -0.4 is 10.1 Å². The summed E-state index contributed by atoms with van der Waals surface area (Å²) >= 11 is 12.0. The zero-order valence-electron chi connectivity index (χ0n) is 10.5. The molecule has 3 rings (SSSR count). The standard InChI is InChI=1S/C15H12Cl2FNO/c16-12-5-10(18)6-13(17)15(12)19-7-9-8-20-14-4-2-1-3-11(9)14/h1-6,9,19H,7-8H2. The molecule has 1 heterocycles. The molecule has 1 aliphatic rings. The number of benzene rings is 2. The Labute approximate surface area is 126 Å². The Bertz CT molecular complexity index is 625. The van der Waals surface area contributed by atoms with Gasteiger partial charge < -0.3 is 10.1 Å². The van der Waals surface area contributed by atoms with E-state index in [4.69, 9.17) is 27.9 Å². The Morgan fingerprint density at radius 1 is 1.20 bits per heavy atom. The van der Waals surface area contributed by atoms with Crippen LogP contribution in [0.4, 0.5) is 10.1 Å². The number of nitrogens with one attached hydrogen (secondary N) is 1. The lowest BCUT2D eigenvalue weighted by Crippen LogP contribution is -2.14. The van der Waals surface area contributed by atoms with Gasteiger partial charge in [0, 0.05) is 18.0 Å². The molecule has 2 aromatic rings. The highest BCUT2D eigenvalue weighted by Gasteiger charge is 2.23. The van der Waals surface area contributed by atoms with E-state index in [1.54, 1.807) is 0 Å². The second kappa shape index (κ2) is 5.51. The van der Waals surface area contributed by atoms with Gasteiger partial charge in [0.2, 0.25) is 0 Å². The summed E-state index contributed by atoms with van der Waals surface area (Å²) in [5.74, 6) is 0.694. The SMILES string of the molecule is Fc1cc(Cl)c(NCC2COc3ccccc32)c(Cl)c1. The normalized spacial score (nSPS) is 16.6. The van der Waals surface area contributed by atoms with Crippen LogP contribution in [0.1, 0.15) is 11.5 Å². The van der Waals surface area contributed by atoms with E-state index in [0.29, 0.717) is 18.8 Å². The highest BCUT2D eigenvalue weighted by molar-refractivity contribution is 6.39. The second-order valence-electron chi connectivity index (χ2n) is 4.67. The van der Waals surface area contributed by atoms with Crippen LogP contribution in [0.5, 0.6) is 5.75 Å². The fraction of sp³-hybridized carbons (Fsp3) is 0.200. The van der Waals surface area contributed by atoms with Crippen LogP contribution in [-0.2, 0) is 0 Å². The second-order valence-corrected chi connectivity index (χ2v) is 5.49. The molecule has 0 radical (unpaired) electrons. The minimum atomic E-state index is -0.444. The van der Waals surface area contributed by atoms with Crippen molar-refractivity contribution in [3.63, 3.8) is 0 Å². The number of rotatable bonds is 3. The van der Waals surface area contributed by atoms with E-state index in [9.17, 15) is 4.39 Å². The first-order valence-corrected chi connectivity index (χ1v) is 7.01. The largest absolute Gasteiger partial charge is 0.493 e. The molecule has 1 atom stereocenters. The van der Waals surface area contributed by atoms with Crippen molar-refractivity contribution < 1.29 is 9.13 Å². The summed E-state index contributed by atoms with van der Waals surface area (Å²) < 4.78 is 18.7. The Morgan fingerprint density at radius 2 is 1.90 bits per heavy atom. The Kier molecular flexibility index (Phi) is 3.72. The van der Waals surface area contributed by atoms with E-state index in [-0.39, 0.29) is 16.0 Å². The fourth-order valence-electron chi connectivity index (χ4n) is 2.33. The first-order valence-electron chi connectivity index (χ1n) is 6.25. The van der Waals surface area contributed by atoms with Gasteiger partial charge in [-0.25, -0.2) is 4.39 Å². The van der Waals surface area contributed by atoms with Crippen molar-refractivity contribution in [2.24, 2.45) is 0 Å². The summed E-state index contributed by atoms with van der Waals surface area (Å²) in [7, 11) is 0. The van der Waals surface area contributed by atoms with Crippen molar-refractivity contribution in [1.29, 1.82) is 0 Å². The van der Waals surface area contributed by atoms with Gasteiger partial charge in [0.1, 0.15) is 11.6 Å². The van der Waals surface area contributed by atoms with Gasteiger partial charge in [0.05, 0.1) is 22.3 Å². The van der Waals surface area contributed by atoms with E-state index in [1.165, 1.54) is 12.1 Å². The predicted octanol–water partition coefficient (Wildman–Crippen LogP) is 4.72. The van der Waals surface area contributed by atoms with Gasteiger partial charge in [0.15, 0.2) is 0 Å². The molecule has 0 saturated carbocycles. The average molecular weight is 312 g/mol. The maximum Gasteiger partial charge on any atom is 0.126 e. The van der Waals surface area contributed by atoms with Crippen LogP contribution in [0.2, 0.25) is 10.0 Å². The maximum absolute atomic E-state index is 13.1. The Hall–Kier alpha value is -1.45. The van der Waals surface area contributed by atoms with Gasteiger partial charge in [-0.2, -0.15) is 0 Å². The third-order valence-electron chi connectivity index (χ3n) is 3.33. The van der Waals surface area contributed by atoms with Crippen molar-refractivity contribution >= 4 is 28.9 Å². The maximum atomic E-state index is 13.1. The molecule has 1 aliphatic heterocycles. The van der Waals surface area contributed by atoms with Gasteiger partial charge in [-0.3, -0.25) is 0 Å². The van der Waals surface area contributed by atoms with Crippen LogP contribution in [0, 0.1) is 5.82 Å². The first kappa shape index (κ1) is 13.5. The summed E-state index contributed by atoms with van der Waals surface area (Å²) in [6.07, 6.45) is 0. The Morgan fingerprint density at radius 3 is 2.65 bits per heavy atom. The van der Waals surface area contributed by atoms with Gasteiger partial charge in [-0.15, -0.1) is 0 Å². The molecule has 104 valence electrons. The smallest absolute Gasteiger partial charge is 0.126 e. The number of hydrogen-bond acceptors (Lipinski definition) is 2. The van der Waals surface area contributed by atoms with E-state index < -0.39 is 5.82 Å². The van der Waals surface area contributed by atoms with Crippen LogP contribution in [0.3, 0.4) is 0 Å². The monoisotopic (exact) mass is 311 g/mol. The molecule has 2 aromatic carbocycles. The number of halogens is 3. The molecule has 0 fully saturated rings. The number of fused-ring (bicyclic) bond motifs is 1. The predicted molar refractivity (Wildman–Crippen MR) is 79.6 cm³/mol. The number of hydrogen-bond donors (Lipinski definition) is 1. The molecule has 0 aliphatic carbocycles. The third kappa shape index (κ3) is 2.56. The molecule has 0 amide bonds. The van der Waals surface area contributed by atoms with Crippen molar-refractivity contribution in [3.05, 3.63) is 57.8 Å². The van der Waals surface area contributed by atoms with Gasteiger partial charge in [0.25, 0.3) is 0 Å². The third-order valence-corrected chi connectivity index (χ3v) is 3.93. The summed E-state index contributed by atoms with van der Waals surface area (Å²) in [6, 6.07) is 10.4. The van der Waals surface area contributed by atoms with Crippen molar-refractivity contribution in [2.45, 2.75) is 5.92 Å². The van der Waals surface area contributed by atoms with Crippen LogP contribution >= 0.6 is 23.2 Å². The summed E-state index contributed by atoms with van der Waals surface area (Å²) in [5, 5.41) is 3.74. The molecule has 20 heavy (non-hydrogen) atoms. The molecule has 1 N–H and O–H groups in total. The summed E-state index contributed by atoms with van der Waals surface area (Å²) in [5.41, 5.74) is 1.72. The molecular weight excluding hydrogens is 300 g/mol. The van der Waals surface area contributed by atoms with Gasteiger partial charge >= 0.3 is 0 Å². The zero-order chi connectivity index (χ0) is 14.1. The lowest BCUT2D eigenvalue weighted by atomic mass is 10.0. The molecule has 0 spiro atoms. The molecule has 2 nitrogen and oxygen atoms in total. The number of ether oxygens (including phenoxy) is 1. The Balaban J connectivity index is 1.76. The van der Waals surface area contributed by atoms with Crippen molar-refractivity contribution in [3.8, 4) is 5.75 Å². The topological polar surface area (TPSA) is 21.3 Å². The molecule has 0 bridgehead atoms. The van der Waals surface area contributed by atoms with Crippen LogP contribution in [-0.4, -0.2) is 13.2 Å². The van der Waals surface area contributed by atoms with Gasteiger partial charge in [-0.1, -0.05) is 41.4 Å². The molecule has 0 aromatic heterocycles. The first-order chi connectivity index (χ1) is 9.65. The molecule has 0 saturated heterocycles.